The average Bonchev–Trinajstić information content (AvgIpc) is 2.44. The Kier molecular flexibility index (Phi) is 3.22. The summed E-state index contributed by atoms with van der Waals surface area (Å²) in [6, 6.07) is 11.6. The Hall–Kier alpha value is -2.00. The van der Waals surface area contributed by atoms with Gasteiger partial charge in [-0.1, -0.05) is 24.3 Å². The van der Waals surface area contributed by atoms with E-state index in [1.807, 2.05) is 0 Å². The third kappa shape index (κ3) is 2.57. The van der Waals surface area contributed by atoms with Crippen LogP contribution < -0.4 is 0 Å². The smallest absolute Gasteiger partial charge is 0.282 e. The monoisotopic (exact) mass is 338 g/mol. The van der Waals surface area contributed by atoms with Crippen LogP contribution in [0.1, 0.15) is 0 Å². The molecule has 0 aliphatic carbocycles. The summed E-state index contributed by atoms with van der Waals surface area (Å²) in [5.41, 5.74) is 0. The highest BCUT2D eigenvalue weighted by atomic mass is 32.2. The minimum absolute atomic E-state index is 0.287. The van der Waals surface area contributed by atoms with Crippen LogP contribution in [0.15, 0.2) is 58.3 Å². The average molecular weight is 338 g/mol. The molecule has 0 saturated heterocycles. The molecule has 2 N–H and O–H groups in total. The van der Waals surface area contributed by atoms with E-state index < -0.39 is 20.2 Å². The van der Waals surface area contributed by atoms with E-state index in [0.29, 0.717) is 21.5 Å². The lowest BCUT2D eigenvalue weighted by atomic mass is 10.0. The highest BCUT2D eigenvalue weighted by molar-refractivity contribution is 7.86. The van der Waals surface area contributed by atoms with Crippen molar-refractivity contribution < 1.29 is 25.9 Å². The molecule has 0 radical (unpaired) electrons. The zero-order valence-electron chi connectivity index (χ0n) is 11.0. The highest BCUT2D eigenvalue weighted by Crippen LogP contribution is 2.29. The fraction of sp³-hybridized carbons (Fsp3) is 0. The molecule has 0 spiro atoms. The normalized spacial score (nSPS) is 12.8. The second kappa shape index (κ2) is 4.75. The molecule has 0 aromatic heterocycles. The van der Waals surface area contributed by atoms with Gasteiger partial charge in [0.15, 0.2) is 0 Å². The molecule has 0 saturated carbocycles. The fourth-order valence-electron chi connectivity index (χ4n) is 2.33. The van der Waals surface area contributed by atoms with Gasteiger partial charge in [-0.25, -0.2) is 0 Å². The number of hydrogen-bond acceptors (Lipinski definition) is 4. The SMILES string of the molecule is O=S(=O)(O)c1ccc2ccc3ccc(S(=O)(=O)O)cc3c2c1. The molecule has 3 rings (SSSR count). The molecular formula is C14H10O6S2. The number of benzene rings is 3. The molecule has 0 fully saturated rings. The van der Waals surface area contributed by atoms with Gasteiger partial charge in [0, 0.05) is 0 Å². The Labute approximate surface area is 126 Å². The maximum atomic E-state index is 11.3. The first-order valence-corrected chi connectivity index (χ1v) is 8.96. The van der Waals surface area contributed by atoms with Crippen molar-refractivity contribution >= 4 is 41.8 Å². The second-order valence-corrected chi connectivity index (χ2v) is 7.62. The largest absolute Gasteiger partial charge is 0.294 e. The van der Waals surface area contributed by atoms with Crippen LogP contribution in [0.3, 0.4) is 0 Å². The van der Waals surface area contributed by atoms with Crippen LogP contribution in [0, 0.1) is 0 Å². The number of rotatable bonds is 2. The van der Waals surface area contributed by atoms with Crippen LogP contribution in [0.5, 0.6) is 0 Å². The van der Waals surface area contributed by atoms with Crippen molar-refractivity contribution in [2.45, 2.75) is 9.79 Å². The van der Waals surface area contributed by atoms with Gasteiger partial charge < -0.3 is 0 Å². The van der Waals surface area contributed by atoms with Crippen molar-refractivity contribution in [1.82, 2.24) is 0 Å². The number of fused-ring (bicyclic) bond motifs is 3. The van der Waals surface area contributed by atoms with Gasteiger partial charge in [-0.3, -0.25) is 9.11 Å². The van der Waals surface area contributed by atoms with E-state index in [1.165, 1.54) is 36.4 Å². The van der Waals surface area contributed by atoms with E-state index in [2.05, 4.69) is 0 Å². The summed E-state index contributed by atoms with van der Waals surface area (Å²) in [7, 11) is -8.74. The van der Waals surface area contributed by atoms with Crippen molar-refractivity contribution in [3.63, 3.8) is 0 Å². The van der Waals surface area contributed by atoms with Gasteiger partial charge in [0.25, 0.3) is 20.2 Å². The maximum Gasteiger partial charge on any atom is 0.294 e. The standard InChI is InChI=1S/C14H10O6S2/c15-21(16,17)11-5-3-9-1-2-10-4-6-12(22(18,19)20)8-14(10)13(9)7-11/h1-8H,(H,15,16,17)(H,18,19,20). The first-order valence-electron chi connectivity index (χ1n) is 6.08. The topological polar surface area (TPSA) is 109 Å². The predicted octanol–water partition coefficient (Wildman–Crippen LogP) is 2.49. The molecule has 0 atom stereocenters. The lowest BCUT2D eigenvalue weighted by Crippen LogP contribution is -1.99. The van der Waals surface area contributed by atoms with Crippen molar-refractivity contribution in [3.8, 4) is 0 Å². The molecule has 0 bridgehead atoms. The summed E-state index contributed by atoms with van der Waals surface area (Å²) in [6.45, 7) is 0. The van der Waals surface area contributed by atoms with E-state index in [4.69, 9.17) is 9.11 Å². The number of hydrogen-bond donors (Lipinski definition) is 2. The molecule has 0 amide bonds. The van der Waals surface area contributed by atoms with Gasteiger partial charge in [0.2, 0.25) is 0 Å². The fourth-order valence-corrected chi connectivity index (χ4v) is 3.34. The van der Waals surface area contributed by atoms with Crippen molar-refractivity contribution in [3.05, 3.63) is 48.5 Å². The molecule has 114 valence electrons. The quantitative estimate of drug-likeness (QED) is 0.549. The zero-order valence-corrected chi connectivity index (χ0v) is 12.6. The summed E-state index contributed by atoms with van der Waals surface area (Å²) >= 11 is 0. The molecular weight excluding hydrogens is 328 g/mol. The minimum Gasteiger partial charge on any atom is -0.282 e. The summed E-state index contributed by atoms with van der Waals surface area (Å²) in [5.74, 6) is 0. The van der Waals surface area contributed by atoms with Crippen molar-refractivity contribution in [2.75, 3.05) is 0 Å². The van der Waals surface area contributed by atoms with Crippen LogP contribution in [-0.2, 0) is 20.2 Å². The Balaban J connectivity index is 2.46. The maximum absolute atomic E-state index is 11.3. The second-order valence-electron chi connectivity index (χ2n) is 4.78. The summed E-state index contributed by atoms with van der Waals surface area (Å²) < 4.78 is 63.3. The molecule has 0 aliphatic rings. The van der Waals surface area contributed by atoms with Gasteiger partial charge in [-0.05, 0) is 45.8 Å². The Morgan fingerprint density at radius 3 is 1.23 bits per heavy atom. The molecule has 22 heavy (non-hydrogen) atoms. The Bertz CT molecular complexity index is 1020. The predicted molar refractivity (Wildman–Crippen MR) is 81.1 cm³/mol. The summed E-state index contributed by atoms with van der Waals surface area (Å²) in [5, 5.41) is 2.26. The van der Waals surface area contributed by atoms with Gasteiger partial charge in [-0.15, -0.1) is 0 Å². The minimum atomic E-state index is -4.37. The zero-order chi connectivity index (χ0) is 16.1. The molecule has 3 aromatic carbocycles. The third-order valence-electron chi connectivity index (χ3n) is 3.38. The van der Waals surface area contributed by atoms with Crippen LogP contribution >= 0.6 is 0 Å². The third-order valence-corrected chi connectivity index (χ3v) is 5.08. The van der Waals surface area contributed by atoms with E-state index in [-0.39, 0.29) is 9.79 Å². The summed E-state index contributed by atoms with van der Waals surface area (Å²) in [4.78, 5) is -0.575. The van der Waals surface area contributed by atoms with Crippen LogP contribution in [-0.4, -0.2) is 25.9 Å². The van der Waals surface area contributed by atoms with Crippen LogP contribution in [0.25, 0.3) is 21.5 Å². The van der Waals surface area contributed by atoms with Gasteiger partial charge in [0.1, 0.15) is 0 Å². The molecule has 8 heteroatoms. The lowest BCUT2D eigenvalue weighted by molar-refractivity contribution is 0.481. The Morgan fingerprint density at radius 1 is 0.591 bits per heavy atom. The molecule has 6 nitrogen and oxygen atoms in total. The Morgan fingerprint density at radius 2 is 0.909 bits per heavy atom. The molecule has 0 aliphatic heterocycles. The lowest BCUT2D eigenvalue weighted by Gasteiger charge is -2.07. The molecule has 0 heterocycles. The first-order chi connectivity index (χ1) is 10.2. The van der Waals surface area contributed by atoms with E-state index >= 15 is 0 Å². The first kappa shape index (κ1) is 14.9. The highest BCUT2D eigenvalue weighted by Gasteiger charge is 2.14. The van der Waals surface area contributed by atoms with E-state index in [1.54, 1.807) is 12.1 Å². The van der Waals surface area contributed by atoms with Gasteiger partial charge in [0.05, 0.1) is 9.79 Å². The molecule has 0 unspecified atom stereocenters. The van der Waals surface area contributed by atoms with Gasteiger partial charge in [-0.2, -0.15) is 16.8 Å². The van der Waals surface area contributed by atoms with E-state index in [9.17, 15) is 16.8 Å². The van der Waals surface area contributed by atoms with Crippen LogP contribution in [0.4, 0.5) is 0 Å². The van der Waals surface area contributed by atoms with Crippen LogP contribution in [0.2, 0.25) is 0 Å². The van der Waals surface area contributed by atoms with Crippen molar-refractivity contribution in [2.24, 2.45) is 0 Å². The summed E-state index contributed by atoms with van der Waals surface area (Å²) in [6.07, 6.45) is 0. The molecule has 3 aromatic rings. The van der Waals surface area contributed by atoms with E-state index in [0.717, 1.165) is 0 Å². The van der Waals surface area contributed by atoms with Crippen molar-refractivity contribution in [1.29, 1.82) is 0 Å². The van der Waals surface area contributed by atoms with Gasteiger partial charge >= 0.3 is 0 Å².